The molecular formula is C25H29N3O. The van der Waals surface area contributed by atoms with Crippen molar-refractivity contribution in [2.75, 3.05) is 43.1 Å². The van der Waals surface area contributed by atoms with E-state index in [1.54, 1.807) is 7.11 Å². The van der Waals surface area contributed by atoms with E-state index in [1.807, 2.05) is 6.07 Å². The van der Waals surface area contributed by atoms with Gasteiger partial charge in [0.2, 0.25) is 0 Å². The van der Waals surface area contributed by atoms with Gasteiger partial charge in [-0.1, -0.05) is 36.8 Å². The number of hydrogen-bond acceptors (Lipinski definition) is 4. The topological polar surface area (TPSA) is 28.6 Å². The van der Waals surface area contributed by atoms with E-state index in [1.165, 1.54) is 47.3 Å². The summed E-state index contributed by atoms with van der Waals surface area (Å²) in [6.45, 7) is 4.06. The number of hydrogen-bond donors (Lipinski definition) is 0. The van der Waals surface area contributed by atoms with E-state index in [0.717, 1.165) is 50.3 Å². The molecule has 1 aliphatic heterocycles. The Morgan fingerprint density at radius 2 is 1.52 bits per heavy atom. The second-order valence-electron chi connectivity index (χ2n) is 8.11. The number of fused-ring (bicyclic) bond motifs is 2. The molecule has 0 amide bonds. The molecule has 0 saturated carbocycles. The van der Waals surface area contributed by atoms with Crippen molar-refractivity contribution in [1.29, 1.82) is 0 Å². The molecule has 29 heavy (non-hydrogen) atoms. The van der Waals surface area contributed by atoms with Crippen LogP contribution in [0.3, 0.4) is 0 Å². The van der Waals surface area contributed by atoms with Crippen molar-refractivity contribution in [1.82, 2.24) is 4.98 Å². The van der Waals surface area contributed by atoms with Gasteiger partial charge in [0, 0.05) is 37.3 Å². The first-order chi connectivity index (χ1) is 14.3. The number of aromatic nitrogens is 1. The summed E-state index contributed by atoms with van der Waals surface area (Å²) in [4.78, 5) is 10.1. The quantitative estimate of drug-likeness (QED) is 0.601. The number of benzene rings is 2. The smallest absolute Gasteiger partial charge is 0.142 e. The molecule has 2 aromatic carbocycles. The third-order valence-electron chi connectivity index (χ3n) is 6.41. The van der Waals surface area contributed by atoms with E-state index in [-0.39, 0.29) is 0 Å². The van der Waals surface area contributed by atoms with Gasteiger partial charge in [-0.05, 0) is 49.4 Å². The van der Waals surface area contributed by atoms with E-state index >= 15 is 0 Å². The molecule has 4 nitrogen and oxygen atoms in total. The van der Waals surface area contributed by atoms with Crippen molar-refractivity contribution in [3.05, 3.63) is 59.8 Å². The molecule has 3 aromatic rings. The minimum Gasteiger partial charge on any atom is -0.495 e. The Bertz CT molecular complexity index is 1010. The first-order valence-electron chi connectivity index (χ1n) is 10.9. The van der Waals surface area contributed by atoms with Crippen LogP contribution in [0.25, 0.3) is 10.9 Å². The highest BCUT2D eigenvalue weighted by atomic mass is 16.5. The molecule has 0 radical (unpaired) electrons. The molecule has 1 fully saturated rings. The van der Waals surface area contributed by atoms with Crippen molar-refractivity contribution >= 4 is 22.3 Å². The summed E-state index contributed by atoms with van der Waals surface area (Å²) in [5, 5.41) is 1.32. The number of piperazine rings is 1. The van der Waals surface area contributed by atoms with Crippen LogP contribution in [0.2, 0.25) is 0 Å². The van der Waals surface area contributed by atoms with Gasteiger partial charge in [-0.15, -0.1) is 0 Å². The maximum atomic E-state index is 5.59. The van der Waals surface area contributed by atoms with Crippen LogP contribution in [0.15, 0.2) is 48.5 Å². The SMILES string of the molecule is COc1ccccc1N1CCN(c2c3c(nc4ccccc24)CCCCC3)CC1. The monoisotopic (exact) mass is 387 g/mol. The van der Waals surface area contributed by atoms with Gasteiger partial charge in [0.05, 0.1) is 24.0 Å². The number of aryl methyl sites for hydroxylation is 1. The molecule has 2 heterocycles. The van der Waals surface area contributed by atoms with Crippen LogP contribution in [0.4, 0.5) is 11.4 Å². The van der Waals surface area contributed by atoms with Gasteiger partial charge in [0.25, 0.3) is 0 Å². The fourth-order valence-corrected chi connectivity index (χ4v) is 4.95. The molecule has 1 aliphatic carbocycles. The van der Waals surface area contributed by atoms with Crippen LogP contribution in [0.1, 0.15) is 30.5 Å². The molecule has 0 unspecified atom stereocenters. The summed E-state index contributed by atoms with van der Waals surface area (Å²) in [5.41, 5.74) is 6.64. The molecule has 0 spiro atoms. The lowest BCUT2D eigenvalue weighted by Crippen LogP contribution is -2.47. The molecule has 0 atom stereocenters. The van der Waals surface area contributed by atoms with Gasteiger partial charge < -0.3 is 14.5 Å². The fraction of sp³-hybridized carbons (Fsp3) is 0.400. The Hall–Kier alpha value is -2.75. The largest absolute Gasteiger partial charge is 0.495 e. The molecule has 4 heteroatoms. The van der Waals surface area contributed by atoms with Crippen LogP contribution in [-0.4, -0.2) is 38.3 Å². The minimum absolute atomic E-state index is 0.962. The maximum absolute atomic E-state index is 5.59. The second-order valence-corrected chi connectivity index (χ2v) is 8.11. The van der Waals surface area contributed by atoms with Crippen molar-refractivity contribution in [2.24, 2.45) is 0 Å². The third kappa shape index (κ3) is 3.41. The van der Waals surface area contributed by atoms with E-state index in [2.05, 4.69) is 52.3 Å². The zero-order valence-corrected chi connectivity index (χ0v) is 17.2. The molecule has 0 N–H and O–H groups in total. The highest BCUT2D eigenvalue weighted by molar-refractivity contribution is 5.94. The molecule has 0 bridgehead atoms. The first kappa shape index (κ1) is 18.3. The average Bonchev–Trinajstić information content (AvgIpc) is 3.03. The zero-order chi connectivity index (χ0) is 19.6. The lowest BCUT2D eigenvalue weighted by molar-refractivity contribution is 0.413. The van der Waals surface area contributed by atoms with Crippen molar-refractivity contribution in [3.63, 3.8) is 0 Å². The summed E-state index contributed by atoms with van der Waals surface area (Å²) in [5.74, 6) is 0.962. The van der Waals surface area contributed by atoms with Gasteiger partial charge in [-0.3, -0.25) is 4.98 Å². The number of anilines is 2. The van der Waals surface area contributed by atoms with E-state index in [9.17, 15) is 0 Å². The number of ether oxygens (including phenoxy) is 1. The summed E-state index contributed by atoms with van der Waals surface area (Å²) in [7, 11) is 1.76. The van der Waals surface area contributed by atoms with Gasteiger partial charge in [0.15, 0.2) is 0 Å². The minimum atomic E-state index is 0.962. The number of nitrogens with zero attached hydrogens (tertiary/aromatic N) is 3. The Balaban J connectivity index is 1.48. The molecule has 2 aliphatic rings. The summed E-state index contributed by atoms with van der Waals surface area (Å²) >= 11 is 0. The molecule has 150 valence electrons. The van der Waals surface area contributed by atoms with Crippen LogP contribution in [-0.2, 0) is 12.8 Å². The lowest BCUT2D eigenvalue weighted by atomic mass is 10.00. The average molecular weight is 388 g/mol. The highest BCUT2D eigenvalue weighted by Crippen LogP contribution is 2.37. The number of pyridine rings is 1. The van der Waals surface area contributed by atoms with Crippen molar-refractivity contribution < 1.29 is 4.74 Å². The van der Waals surface area contributed by atoms with Gasteiger partial charge >= 0.3 is 0 Å². The predicted octanol–water partition coefficient (Wildman–Crippen LogP) is 4.84. The summed E-state index contributed by atoms with van der Waals surface area (Å²) in [6, 6.07) is 17.1. The summed E-state index contributed by atoms with van der Waals surface area (Å²) in [6.07, 6.45) is 6.14. The first-order valence-corrected chi connectivity index (χ1v) is 10.9. The van der Waals surface area contributed by atoms with Gasteiger partial charge in [-0.2, -0.15) is 0 Å². The highest BCUT2D eigenvalue weighted by Gasteiger charge is 2.25. The Kier molecular flexibility index (Phi) is 5.01. The lowest BCUT2D eigenvalue weighted by Gasteiger charge is -2.39. The Labute approximate surface area is 173 Å². The van der Waals surface area contributed by atoms with Gasteiger partial charge in [-0.25, -0.2) is 0 Å². The van der Waals surface area contributed by atoms with Gasteiger partial charge in [0.1, 0.15) is 5.75 Å². The van der Waals surface area contributed by atoms with Crippen LogP contribution >= 0.6 is 0 Å². The van der Waals surface area contributed by atoms with Crippen molar-refractivity contribution in [3.8, 4) is 5.75 Å². The van der Waals surface area contributed by atoms with E-state index < -0.39 is 0 Å². The van der Waals surface area contributed by atoms with Crippen molar-refractivity contribution in [2.45, 2.75) is 32.1 Å². The Morgan fingerprint density at radius 3 is 2.38 bits per heavy atom. The second kappa shape index (κ2) is 7.94. The van der Waals surface area contributed by atoms with E-state index in [0.29, 0.717) is 0 Å². The predicted molar refractivity (Wildman–Crippen MR) is 120 cm³/mol. The van der Waals surface area contributed by atoms with E-state index in [4.69, 9.17) is 9.72 Å². The number of rotatable bonds is 3. The third-order valence-corrected chi connectivity index (χ3v) is 6.41. The Morgan fingerprint density at radius 1 is 0.793 bits per heavy atom. The zero-order valence-electron chi connectivity index (χ0n) is 17.2. The number of para-hydroxylation sites is 3. The van der Waals surface area contributed by atoms with Crippen LogP contribution in [0.5, 0.6) is 5.75 Å². The molecule has 1 aromatic heterocycles. The summed E-state index contributed by atoms with van der Waals surface area (Å²) < 4.78 is 5.59. The molecule has 1 saturated heterocycles. The molecule has 5 rings (SSSR count). The van der Waals surface area contributed by atoms with Crippen LogP contribution < -0.4 is 14.5 Å². The maximum Gasteiger partial charge on any atom is 0.142 e. The fourth-order valence-electron chi connectivity index (χ4n) is 4.95. The standard InChI is InChI=1S/C25H29N3O/c1-29-24-14-8-7-13-23(24)27-15-17-28(18-16-27)25-19-9-3-2-4-11-21(19)26-22-12-6-5-10-20(22)25/h5-8,10,12-14H,2-4,9,11,15-18H2,1H3. The molecular weight excluding hydrogens is 358 g/mol. The normalized spacial score (nSPS) is 17.1. The number of methoxy groups -OCH3 is 1. The van der Waals surface area contributed by atoms with Crippen LogP contribution in [0, 0.1) is 0 Å².